The normalized spacial score (nSPS) is 16.7. The van der Waals surface area contributed by atoms with Crippen molar-refractivity contribution < 1.29 is 13.2 Å². The van der Waals surface area contributed by atoms with Crippen LogP contribution in [0.25, 0.3) is 0 Å². The first-order valence-electron chi connectivity index (χ1n) is 1.29. The van der Waals surface area contributed by atoms with Crippen LogP contribution >= 0.6 is 23.2 Å². The molecule has 0 aliphatic carbocycles. The molecule has 0 radical (unpaired) electrons. The van der Waals surface area contributed by atoms with Gasteiger partial charge in [-0.1, -0.05) is 11.6 Å². The van der Waals surface area contributed by atoms with Gasteiger partial charge in [0.25, 0.3) is 5.63 Å². The van der Waals surface area contributed by atoms with Gasteiger partial charge in [0.2, 0.25) is 0 Å². The van der Waals surface area contributed by atoms with Crippen molar-refractivity contribution in [3.05, 3.63) is 0 Å². The SMILES string of the molecule is F[C@@H](Cl)C(F)(F)Cl. The minimum atomic E-state index is -3.93. The first kappa shape index (κ1) is 7.37. The number of rotatable bonds is 1. The highest BCUT2D eigenvalue weighted by Gasteiger charge is 2.35. The van der Waals surface area contributed by atoms with Gasteiger partial charge in [-0.2, -0.15) is 8.78 Å². The Morgan fingerprint density at radius 2 is 1.57 bits per heavy atom. The summed E-state index contributed by atoms with van der Waals surface area (Å²) in [6.07, 6.45) is 0. The molecular weight excluding hydrogens is 152 g/mol. The van der Waals surface area contributed by atoms with Crippen LogP contribution in [0.1, 0.15) is 0 Å². The second kappa shape index (κ2) is 2.09. The molecule has 1 atom stereocenters. The van der Waals surface area contributed by atoms with Gasteiger partial charge in [0, 0.05) is 0 Å². The predicted molar refractivity (Wildman–Crippen MR) is 21.5 cm³/mol. The van der Waals surface area contributed by atoms with Crippen LogP contribution in [0.2, 0.25) is 0 Å². The summed E-state index contributed by atoms with van der Waals surface area (Å²) in [6.45, 7) is 0. The molecule has 0 heterocycles. The first-order valence-corrected chi connectivity index (χ1v) is 2.11. The first-order chi connectivity index (χ1) is 2.94. The van der Waals surface area contributed by atoms with Gasteiger partial charge in [-0.3, -0.25) is 0 Å². The van der Waals surface area contributed by atoms with Crippen molar-refractivity contribution in [2.24, 2.45) is 0 Å². The Labute approximate surface area is 48.2 Å². The summed E-state index contributed by atoms with van der Waals surface area (Å²) in [7, 11) is 0. The van der Waals surface area contributed by atoms with E-state index < -0.39 is 11.0 Å². The molecule has 0 saturated heterocycles. The largest absolute Gasteiger partial charge is 0.366 e. The van der Waals surface area contributed by atoms with E-state index in [1.807, 2.05) is 0 Å². The summed E-state index contributed by atoms with van der Waals surface area (Å²) >= 11 is 8.23. The van der Waals surface area contributed by atoms with Gasteiger partial charge in [-0.05, 0) is 11.6 Å². The highest BCUT2D eigenvalue weighted by molar-refractivity contribution is 6.30. The molecule has 0 aromatic rings. The van der Waals surface area contributed by atoms with E-state index in [4.69, 9.17) is 0 Å². The second-order valence-corrected chi connectivity index (χ2v) is 1.73. The topological polar surface area (TPSA) is 0 Å². The molecule has 44 valence electrons. The smallest absolute Gasteiger partial charge is 0.222 e. The molecule has 0 nitrogen and oxygen atoms in total. The molecular formula is C2HCl2F3. The van der Waals surface area contributed by atoms with Crippen molar-refractivity contribution in [2.75, 3.05) is 0 Å². The maximum atomic E-state index is 11.1. The van der Waals surface area contributed by atoms with Crippen molar-refractivity contribution >= 4 is 23.2 Å². The summed E-state index contributed by atoms with van der Waals surface area (Å²) in [4.78, 5) is 0. The number of hydrogen-bond donors (Lipinski definition) is 0. The third-order valence-corrected chi connectivity index (χ3v) is 0.825. The maximum Gasteiger partial charge on any atom is 0.366 e. The zero-order chi connectivity index (χ0) is 6.08. The minimum Gasteiger partial charge on any atom is -0.222 e. The van der Waals surface area contributed by atoms with E-state index in [9.17, 15) is 13.2 Å². The van der Waals surface area contributed by atoms with Crippen LogP contribution in [0.4, 0.5) is 13.2 Å². The lowest BCUT2D eigenvalue weighted by atomic mass is 10.8. The van der Waals surface area contributed by atoms with Crippen molar-refractivity contribution in [1.29, 1.82) is 0 Å². The van der Waals surface area contributed by atoms with Crippen LogP contribution in [0.15, 0.2) is 0 Å². The third-order valence-electron chi connectivity index (χ3n) is 0.247. The fraction of sp³-hybridized carbons (Fsp3) is 1.00. The molecule has 0 saturated carbocycles. The van der Waals surface area contributed by atoms with E-state index in [1.165, 1.54) is 0 Å². The molecule has 5 heteroatoms. The van der Waals surface area contributed by atoms with Crippen molar-refractivity contribution in [3.63, 3.8) is 0 Å². The standard InChI is InChI=1S/C2HCl2F3/c3-1(5)2(4,6)7/h1H/t1-/m1/s1. The molecule has 0 aliphatic rings. The Kier molecular flexibility index (Phi) is 2.20. The average molecular weight is 153 g/mol. The van der Waals surface area contributed by atoms with Crippen LogP contribution in [-0.2, 0) is 0 Å². The highest BCUT2D eigenvalue weighted by atomic mass is 35.5. The Morgan fingerprint density at radius 3 is 1.57 bits per heavy atom. The molecule has 0 N–H and O–H groups in total. The second-order valence-electron chi connectivity index (χ2n) is 0.842. The van der Waals surface area contributed by atoms with E-state index in [0.717, 1.165) is 0 Å². The highest BCUT2D eigenvalue weighted by Crippen LogP contribution is 2.28. The monoisotopic (exact) mass is 152 g/mol. The Bertz CT molecular complexity index is 56.4. The third kappa shape index (κ3) is 3.00. The zero-order valence-electron chi connectivity index (χ0n) is 2.97. The predicted octanol–water partition coefficient (Wildman–Crippen LogP) is 2.35. The van der Waals surface area contributed by atoms with Gasteiger partial charge in [0.15, 0.2) is 0 Å². The summed E-state index contributed by atoms with van der Waals surface area (Å²) in [5.41, 5.74) is -2.80. The van der Waals surface area contributed by atoms with E-state index in [2.05, 4.69) is 23.2 Å². The molecule has 0 aromatic carbocycles. The van der Waals surface area contributed by atoms with Crippen LogP contribution < -0.4 is 0 Å². The van der Waals surface area contributed by atoms with Gasteiger partial charge in [-0.15, -0.1) is 0 Å². The molecule has 0 aliphatic heterocycles. The Balaban J connectivity index is 3.54. The molecule has 0 spiro atoms. The quantitative estimate of drug-likeness (QED) is 0.507. The minimum absolute atomic E-state index is 2.80. The van der Waals surface area contributed by atoms with Gasteiger partial charge in [-0.25, -0.2) is 4.39 Å². The molecule has 0 amide bonds. The fourth-order valence-corrected chi connectivity index (χ4v) is 0. The molecule has 0 fully saturated rings. The number of halogens is 5. The van der Waals surface area contributed by atoms with Crippen molar-refractivity contribution in [1.82, 2.24) is 0 Å². The Hall–Kier alpha value is 0.370. The lowest BCUT2D eigenvalue weighted by Crippen LogP contribution is -2.16. The van der Waals surface area contributed by atoms with Crippen molar-refractivity contribution in [3.8, 4) is 0 Å². The van der Waals surface area contributed by atoms with Gasteiger partial charge >= 0.3 is 5.38 Å². The Morgan fingerprint density at radius 1 is 1.43 bits per heavy atom. The van der Waals surface area contributed by atoms with Crippen molar-refractivity contribution in [2.45, 2.75) is 11.0 Å². The summed E-state index contributed by atoms with van der Waals surface area (Å²) in [5, 5.41) is -3.93. The molecule has 0 aromatic heterocycles. The maximum absolute atomic E-state index is 11.1. The van der Waals surface area contributed by atoms with Gasteiger partial charge in [0.1, 0.15) is 0 Å². The van der Waals surface area contributed by atoms with E-state index >= 15 is 0 Å². The van der Waals surface area contributed by atoms with Crippen LogP contribution in [-0.4, -0.2) is 11.0 Å². The fourth-order valence-electron chi connectivity index (χ4n) is 0. The van der Waals surface area contributed by atoms with Gasteiger partial charge in [0.05, 0.1) is 0 Å². The number of hydrogen-bond acceptors (Lipinski definition) is 0. The molecule has 0 rings (SSSR count). The van der Waals surface area contributed by atoms with E-state index in [0.29, 0.717) is 0 Å². The van der Waals surface area contributed by atoms with Crippen LogP contribution in [0.5, 0.6) is 0 Å². The summed E-state index contributed by atoms with van der Waals surface area (Å²) < 4.78 is 33.3. The summed E-state index contributed by atoms with van der Waals surface area (Å²) in [5.74, 6) is 0. The molecule has 0 bridgehead atoms. The van der Waals surface area contributed by atoms with Crippen LogP contribution in [0, 0.1) is 0 Å². The molecule has 7 heavy (non-hydrogen) atoms. The number of alkyl halides is 5. The van der Waals surface area contributed by atoms with Crippen LogP contribution in [0.3, 0.4) is 0 Å². The molecule has 0 unspecified atom stereocenters. The zero-order valence-corrected chi connectivity index (χ0v) is 4.48. The average Bonchev–Trinajstić information content (AvgIpc) is 1.31. The van der Waals surface area contributed by atoms with E-state index in [1.54, 1.807) is 0 Å². The summed E-state index contributed by atoms with van der Waals surface area (Å²) in [6, 6.07) is 0. The van der Waals surface area contributed by atoms with E-state index in [-0.39, 0.29) is 0 Å². The lowest BCUT2D eigenvalue weighted by molar-refractivity contribution is 0.0451. The lowest BCUT2D eigenvalue weighted by Gasteiger charge is -2.03. The van der Waals surface area contributed by atoms with Gasteiger partial charge < -0.3 is 0 Å².